The van der Waals surface area contributed by atoms with Crippen molar-refractivity contribution in [2.45, 2.75) is 4.90 Å². The molecule has 2 aromatic carbocycles. The van der Waals surface area contributed by atoms with E-state index in [1.807, 2.05) is 0 Å². The highest BCUT2D eigenvalue weighted by molar-refractivity contribution is 7.92. The lowest BCUT2D eigenvalue weighted by Gasteiger charge is -2.12. The van der Waals surface area contributed by atoms with Gasteiger partial charge in [0.25, 0.3) is 10.0 Å². The van der Waals surface area contributed by atoms with Gasteiger partial charge in [-0.25, -0.2) is 17.2 Å². The molecule has 2 rings (SSSR count). The average Bonchev–Trinajstić information content (AvgIpc) is 2.59. The first-order chi connectivity index (χ1) is 12.3. The Labute approximate surface area is 155 Å². The molecule has 0 bridgehead atoms. The summed E-state index contributed by atoms with van der Waals surface area (Å²) in [6, 6.07) is 8.63. The van der Waals surface area contributed by atoms with Crippen molar-refractivity contribution >= 4 is 38.7 Å². The first-order valence-electron chi connectivity index (χ1n) is 7.43. The van der Waals surface area contributed by atoms with Crippen LogP contribution in [0.4, 0.5) is 20.2 Å². The molecular weight excluding hydrogens is 384 g/mol. The number of methoxy groups -OCH3 is 1. The Kier molecular flexibility index (Phi) is 6.83. The molecule has 0 amide bonds. The maximum atomic E-state index is 13.2. The minimum absolute atomic E-state index is 0.263. The minimum Gasteiger partial charge on any atom is -0.383 e. The Morgan fingerprint density at radius 1 is 1.08 bits per heavy atom. The van der Waals surface area contributed by atoms with Crippen molar-refractivity contribution in [1.82, 2.24) is 5.32 Å². The number of ether oxygens (including phenoxy) is 1. The zero-order valence-corrected chi connectivity index (χ0v) is 15.4. The van der Waals surface area contributed by atoms with Crippen molar-refractivity contribution in [3.63, 3.8) is 0 Å². The molecule has 140 valence electrons. The molecule has 0 atom stereocenters. The molecule has 0 aliphatic heterocycles. The topological polar surface area (TPSA) is 79.5 Å². The number of hydrogen-bond acceptors (Lipinski definition) is 4. The van der Waals surface area contributed by atoms with E-state index in [-0.39, 0.29) is 10.6 Å². The van der Waals surface area contributed by atoms with E-state index in [0.717, 1.165) is 12.1 Å². The summed E-state index contributed by atoms with van der Waals surface area (Å²) in [6.45, 7) is 1.06. The Morgan fingerprint density at radius 3 is 2.35 bits per heavy atom. The zero-order chi connectivity index (χ0) is 19.2. The van der Waals surface area contributed by atoms with E-state index in [4.69, 9.17) is 17.0 Å². The van der Waals surface area contributed by atoms with Gasteiger partial charge in [-0.2, -0.15) is 0 Å². The molecule has 3 N–H and O–H groups in total. The molecule has 26 heavy (non-hydrogen) atoms. The number of thiocarbonyl (C=S) groups is 1. The van der Waals surface area contributed by atoms with Crippen molar-refractivity contribution in [2.24, 2.45) is 0 Å². The summed E-state index contributed by atoms with van der Waals surface area (Å²) >= 11 is 5.10. The monoisotopic (exact) mass is 401 g/mol. The lowest BCUT2D eigenvalue weighted by Crippen LogP contribution is -2.31. The normalized spacial score (nSPS) is 11.0. The molecule has 0 aromatic heterocycles. The smallest absolute Gasteiger partial charge is 0.261 e. The standard InChI is InChI=1S/C16H17F2N3O3S2/c1-24-9-8-19-16(25)20-11-2-4-12(5-3-11)21-26(22,23)13-6-7-14(17)15(18)10-13/h2-7,10,21H,8-9H2,1H3,(H2,19,20,25). The summed E-state index contributed by atoms with van der Waals surface area (Å²) < 4.78 is 57.8. The van der Waals surface area contributed by atoms with E-state index in [2.05, 4.69) is 15.4 Å². The van der Waals surface area contributed by atoms with Crippen LogP contribution in [-0.2, 0) is 14.8 Å². The van der Waals surface area contributed by atoms with E-state index in [1.165, 1.54) is 12.1 Å². The summed E-state index contributed by atoms with van der Waals surface area (Å²) in [7, 11) is -2.45. The third-order valence-corrected chi connectivity index (χ3v) is 4.81. The van der Waals surface area contributed by atoms with Gasteiger partial charge in [-0.15, -0.1) is 0 Å². The van der Waals surface area contributed by atoms with Gasteiger partial charge in [0.05, 0.1) is 11.5 Å². The predicted molar refractivity (Wildman–Crippen MR) is 99.7 cm³/mol. The van der Waals surface area contributed by atoms with E-state index in [1.54, 1.807) is 19.2 Å². The molecule has 10 heteroatoms. The lowest BCUT2D eigenvalue weighted by molar-refractivity contribution is 0.204. The second kappa shape index (κ2) is 8.88. The van der Waals surface area contributed by atoms with Crippen molar-refractivity contribution < 1.29 is 21.9 Å². The number of hydrogen-bond donors (Lipinski definition) is 3. The molecule has 0 saturated carbocycles. The lowest BCUT2D eigenvalue weighted by atomic mass is 10.3. The molecular formula is C16H17F2N3O3S2. The second-order valence-electron chi connectivity index (χ2n) is 5.13. The number of rotatable bonds is 7. The predicted octanol–water partition coefficient (Wildman–Crippen LogP) is 2.70. The van der Waals surface area contributed by atoms with E-state index in [9.17, 15) is 17.2 Å². The van der Waals surface area contributed by atoms with Crippen LogP contribution in [0, 0.1) is 11.6 Å². The molecule has 0 spiro atoms. The quantitative estimate of drug-likeness (QED) is 0.489. The number of sulfonamides is 1. The third kappa shape index (κ3) is 5.61. The largest absolute Gasteiger partial charge is 0.383 e. The van der Waals surface area contributed by atoms with Crippen molar-refractivity contribution in [3.8, 4) is 0 Å². The number of benzene rings is 2. The van der Waals surface area contributed by atoms with Crippen LogP contribution in [0.15, 0.2) is 47.4 Å². The second-order valence-corrected chi connectivity index (χ2v) is 7.22. The van der Waals surface area contributed by atoms with E-state index >= 15 is 0 Å². The summed E-state index contributed by atoms with van der Waals surface area (Å²) in [5.74, 6) is -2.35. The van der Waals surface area contributed by atoms with Crippen LogP contribution in [0.2, 0.25) is 0 Å². The third-order valence-electron chi connectivity index (χ3n) is 3.19. The van der Waals surface area contributed by atoms with Crippen LogP contribution >= 0.6 is 12.2 Å². The van der Waals surface area contributed by atoms with Gasteiger partial charge in [-0.1, -0.05) is 0 Å². The highest BCUT2D eigenvalue weighted by atomic mass is 32.2. The van der Waals surface area contributed by atoms with Crippen LogP contribution < -0.4 is 15.4 Å². The number of halogens is 2. The SMILES string of the molecule is COCCNC(=S)Nc1ccc(NS(=O)(=O)c2ccc(F)c(F)c2)cc1. The maximum Gasteiger partial charge on any atom is 0.261 e. The Hall–Kier alpha value is -2.30. The highest BCUT2D eigenvalue weighted by Gasteiger charge is 2.16. The maximum absolute atomic E-state index is 13.2. The summed E-state index contributed by atoms with van der Waals surface area (Å²) in [5, 5.41) is 6.27. The molecule has 0 radical (unpaired) electrons. The molecule has 0 saturated heterocycles. The van der Waals surface area contributed by atoms with Gasteiger partial charge in [0, 0.05) is 25.0 Å². The fraction of sp³-hybridized carbons (Fsp3) is 0.188. The Bertz CT molecular complexity index is 875. The summed E-state index contributed by atoms with van der Waals surface area (Å²) in [6.07, 6.45) is 0. The number of anilines is 2. The Balaban J connectivity index is 2.01. The highest BCUT2D eigenvalue weighted by Crippen LogP contribution is 2.20. The molecule has 0 heterocycles. The molecule has 0 fully saturated rings. The fourth-order valence-corrected chi connectivity index (χ4v) is 3.21. The van der Waals surface area contributed by atoms with Crippen LogP contribution in [0.3, 0.4) is 0 Å². The van der Waals surface area contributed by atoms with Crippen LogP contribution in [0.25, 0.3) is 0 Å². The van der Waals surface area contributed by atoms with E-state index < -0.39 is 21.7 Å². The first-order valence-corrected chi connectivity index (χ1v) is 9.32. The van der Waals surface area contributed by atoms with Crippen LogP contribution in [0.5, 0.6) is 0 Å². The fourth-order valence-electron chi connectivity index (χ4n) is 1.92. The summed E-state index contributed by atoms with van der Waals surface area (Å²) in [4.78, 5) is -0.373. The summed E-state index contributed by atoms with van der Waals surface area (Å²) in [5.41, 5.74) is 0.911. The van der Waals surface area contributed by atoms with Gasteiger partial charge >= 0.3 is 0 Å². The molecule has 6 nitrogen and oxygen atoms in total. The molecule has 0 unspecified atom stereocenters. The molecule has 0 aliphatic rings. The van der Waals surface area contributed by atoms with Gasteiger partial charge in [0.15, 0.2) is 16.7 Å². The van der Waals surface area contributed by atoms with Gasteiger partial charge in [0.2, 0.25) is 0 Å². The molecule has 2 aromatic rings. The zero-order valence-electron chi connectivity index (χ0n) is 13.8. The minimum atomic E-state index is -4.03. The van der Waals surface area contributed by atoms with Crippen molar-refractivity contribution in [2.75, 3.05) is 30.3 Å². The van der Waals surface area contributed by atoms with Crippen molar-refractivity contribution in [3.05, 3.63) is 54.1 Å². The van der Waals surface area contributed by atoms with Crippen LogP contribution in [-0.4, -0.2) is 33.8 Å². The van der Waals surface area contributed by atoms with Gasteiger partial charge < -0.3 is 15.4 Å². The van der Waals surface area contributed by atoms with Gasteiger partial charge in [-0.05, 0) is 54.7 Å². The van der Waals surface area contributed by atoms with Crippen molar-refractivity contribution in [1.29, 1.82) is 0 Å². The van der Waals surface area contributed by atoms with E-state index in [0.29, 0.717) is 30.0 Å². The Morgan fingerprint density at radius 2 is 1.73 bits per heavy atom. The number of nitrogens with one attached hydrogen (secondary N) is 3. The first kappa shape index (κ1) is 20.0. The van der Waals surface area contributed by atoms with Gasteiger partial charge in [0.1, 0.15) is 0 Å². The molecule has 0 aliphatic carbocycles. The van der Waals surface area contributed by atoms with Crippen LogP contribution in [0.1, 0.15) is 0 Å². The average molecular weight is 401 g/mol. The van der Waals surface area contributed by atoms with Gasteiger partial charge in [-0.3, -0.25) is 4.72 Å².